The first-order valence-electron chi connectivity index (χ1n) is 10.3. The molecule has 0 aromatic rings. The average molecular weight is 413 g/mol. The van der Waals surface area contributed by atoms with Gasteiger partial charge in [0.05, 0.1) is 13.5 Å². The number of amides is 2. The van der Waals surface area contributed by atoms with E-state index < -0.39 is 29.5 Å². The summed E-state index contributed by atoms with van der Waals surface area (Å²) in [5, 5.41) is 2.81. The number of carbonyl (C=O) groups is 4. The van der Waals surface area contributed by atoms with Gasteiger partial charge in [0.2, 0.25) is 11.8 Å². The van der Waals surface area contributed by atoms with Crippen molar-refractivity contribution in [3.05, 3.63) is 0 Å². The maximum Gasteiger partial charge on any atom is 0.325 e. The Hall–Kier alpha value is -2.12. The number of methoxy groups -OCH3 is 1. The van der Waals surface area contributed by atoms with Gasteiger partial charge in [0.1, 0.15) is 18.2 Å². The SMILES string of the molecule is COC(=O)CN1CCCCC(NC(=O)[C@@H](CC(=O)OC(C)(C)C)CC(C)C)C1=O. The summed E-state index contributed by atoms with van der Waals surface area (Å²) < 4.78 is 10.0. The van der Waals surface area contributed by atoms with Gasteiger partial charge in [-0.15, -0.1) is 0 Å². The van der Waals surface area contributed by atoms with Gasteiger partial charge in [-0.1, -0.05) is 13.8 Å². The lowest BCUT2D eigenvalue weighted by molar-refractivity contribution is -0.157. The zero-order valence-corrected chi connectivity index (χ0v) is 18.6. The Balaban J connectivity index is 2.83. The number of nitrogens with one attached hydrogen (secondary N) is 1. The third-order valence-corrected chi connectivity index (χ3v) is 4.60. The van der Waals surface area contributed by atoms with E-state index in [0.29, 0.717) is 19.4 Å². The van der Waals surface area contributed by atoms with Crippen LogP contribution in [-0.4, -0.2) is 60.5 Å². The van der Waals surface area contributed by atoms with Crippen LogP contribution in [0.3, 0.4) is 0 Å². The number of likely N-dealkylation sites (tertiary alicyclic amines) is 1. The van der Waals surface area contributed by atoms with Crippen molar-refractivity contribution in [2.45, 2.75) is 78.4 Å². The minimum atomic E-state index is -0.706. The molecule has 0 spiro atoms. The lowest BCUT2D eigenvalue weighted by atomic mass is 9.92. The van der Waals surface area contributed by atoms with Gasteiger partial charge in [0.25, 0.3) is 0 Å². The molecule has 0 aromatic heterocycles. The van der Waals surface area contributed by atoms with E-state index in [1.165, 1.54) is 12.0 Å². The van der Waals surface area contributed by atoms with Gasteiger partial charge in [-0.2, -0.15) is 0 Å². The summed E-state index contributed by atoms with van der Waals surface area (Å²) in [7, 11) is 1.27. The summed E-state index contributed by atoms with van der Waals surface area (Å²) in [5.74, 6) is -1.92. The predicted molar refractivity (Wildman–Crippen MR) is 108 cm³/mol. The van der Waals surface area contributed by atoms with Crippen molar-refractivity contribution in [2.24, 2.45) is 11.8 Å². The molecule has 1 aliphatic heterocycles. The first-order valence-corrected chi connectivity index (χ1v) is 10.3. The Bertz CT molecular complexity index is 596. The van der Waals surface area contributed by atoms with E-state index in [1.54, 1.807) is 20.8 Å². The Morgan fingerprint density at radius 2 is 1.83 bits per heavy atom. The molecule has 2 amide bonds. The molecule has 0 bridgehead atoms. The van der Waals surface area contributed by atoms with Crippen LogP contribution in [0.25, 0.3) is 0 Å². The number of esters is 2. The molecule has 29 heavy (non-hydrogen) atoms. The normalized spacial score (nSPS) is 18.8. The van der Waals surface area contributed by atoms with Crippen LogP contribution in [0.15, 0.2) is 0 Å². The van der Waals surface area contributed by atoms with Crippen molar-refractivity contribution in [3.8, 4) is 0 Å². The summed E-state index contributed by atoms with van der Waals surface area (Å²) >= 11 is 0. The Labute approximate surface area is 173 Å². The van der Waals surface area contributed by atoms with Gasteiger partial charge < -0.3 is 19.7 Å². The molecule has 1 N–H and O–H groups in total. The summed E-state index contributed by atoms with van der Waals surface area (Å²) in [5.41, 5.74) is -0.623. The van der Waals surface area contributed by atoms with Crippen LogP contribution in [0.4, 0.5) is 0 Å². The number of rotatable bonds is 8. The quantitative estimate of drug-likeness (QED) is 0.612. The Morgan fingerprint density at radius 3 is 2.38 bits per heavy atom. The van der Waals surface area contributed by atoms with E-state index in [1.807, 2.05) is 13.8 Å². The van der Waals surface area contributed by atoms with E-state index >= 15 is 0 Å². The molecule has 1 aliphatic rings. The molecule has 8 heteroatoms. The van der Waals surface area contributed by atoms with Gasteiger partial charge in [-0.3, -0.25) is 19.2 Å². The fourth-order valence-electron chi connectivity index (χ4n) is 3.34. The molecule has 1 fully saturated rings. The number of ether oxygens (including phenoxy) is 2. The van der Waals surface area contributed by atoms with Crippen molar-refractivity contribution in [1.29, 1.82) is 0 Å². The van der Waals surface area contributed by atoms with Crippen LogP contribution in [0.5, 0.6) is 0 Å². The molecule has 0 aliphatic carbocycles. The standard InChI is InChI=1S/C21H36N2O6/c1-14(2)11-15(12-17(24)29-21(3,4)5)19(26)22-16-9-7-8-10-23(20(16)27)13-18(25)28-6/h14-16H,7-13H2,1-6H3,(H,22,26)/t15-,16?/m1/s1. The van der Waals surface area contributed by atoms with Crippen LogP contribution in [-0.2, 0) is 28.7 Å². The molecule has 1 saturated heterocycles. The molecule has 1 unspecified atom stereocenters. The van der Waals surface area contributed by atoms with E-state index in [9.17, 15) is 19.2 Å². The molecule has 2 atom stereocenters. The van der Waals surface area contributed by atoms with Crippen LogP contribution >= 0.6 is 0 Å². The molecule has 8 nitrogen and oxygen atoms in total. The molecule has 1 heterocycles. The molecule has 1 rings (SSSR count). The third kappa shape index (κ3) is 9.28. The molecule has 166 valence electrons. The molecule has 0 aromatic carbocycles. The maximum atomic E-state index is 12.9. The van der Waals surface area contributed by atoms with Crippen LogP contribution < -0.4 is 5.32 Å². The highest BCUT2D eigenvalue weighted by Gasteiger charge is 2.33. The lowest BCUT2D eigenvalue weighted by Gasteiger charge is -2.26. The Morgan fingerprint density at radius 1 is 1.17 bits per heavy atom. The van der Waals surface area contributed by atoms with Crippen molar-refractivity contribution in [3.63, 3.8) is 0 Å². The van der Waals surface area contributed by atoms with Crippen molar-refractivity contribution in [1.82, 2.24) is 10.2 Å². The highest BCUT2D eigenvalue weighted by Crippen LogP contribution is 2.20. The van der Waals surface area contributed by atoms with Gasteiger partial charge in [0, 0.05) is 12.5 Å². The lowest BCUT2D eigenvalue weighted by Crippen LogP contribution is -2.50. The predicted octanol–water partition coefficient (Wildman–Crippen LogP) is 2.05. The van der Waals surface area contributed by atoms with E-state index in [0.717, 1.165) is 12.8 Å². The summed E-state index contributed by atoms with van der Waals surface area (Å²) in [4.78, 5) is 51.0. The molecule has 0 radical (unpaired) electrons. The molecular weight excluding hydrogens is 376 g/mol. The number of carbonyl (C=O) groups excluding carboxylic acids is 4. The van der Waals surface area contributed by atoms with Gasteiger partial charge in [0.15, 0.2) is 0 Å². The minimum absolute atomic E-state index is 0.0337. The summed E-state index contributed by atoms with van der Waals surface area (Å²) in [6, 6.07) is -0.706. The van der Waals surface area contributed by atoms with Crippen molar-refractivity contribution < 1.29 is 28.7 Å². The molecular formula is C21H36N2O6. The highest BCUT2D eigenvalue weighted by atomic mass is 16.6. The molecule has 0 saturated carbocycles. The van der Waals surface area contributed by atoms with E-state index in [2.05, 4.69) is 10.1 Å². The van der Waals surface area contributed by atoms with Crippen LogP contribution in [0.2, 0.25) is 0 Å². The summed E-state index contributed by atoms with van der Waals surface area (Å²) in [6.07, 6.45) is 2.49. The third-order valence-electron chi connectivity index (χ3n) is 4.60. The van der Waals surface area contributed by atoms with Crippen molar-refractivity contribution in [2.75, 3.05) is 20.2 Å². The van der Waals surface area contributed by atoms with Crippen LogP contribution in [0, 0.1) is 11.8 Å². The second-order valence-corrected chi connectivity index (χ2v) is 9.01. The number of hydrogen-bond acceptors (Lipinski definition) is 6. The fourth-order valence-corrected chi connectivity index (χ4v) is 3.34. The maximum absolute atomic E-state index is 12.9. The monoisotopic (exact) mass is 412 g/mol. The topological polar surface area (TPSA) is 102 Å². The summed E-state index contributed by atoms with van der Waals surface area (Å²) in [6.45, 7) is 9.62. The average Bonchev–Trinajstić information content (AvgIpc) is 2.75. The first-order chi connectivity index (χ1) is 13.4. The van der Waals surface area contributed by atoms with Gasteiger partial charge >= 0.3 is 11.9 Å². The Kier molecular flexibility index (Phi) is 9.59. The number of nitrogens with zero attached hydrogens (tertiary/aromatic N) is 1. The second kappa shape index (κ2) is 11.2. The van der Waals surface area contributed by atoms with Crippen molar-refractivity contribution >= 4 is 23.8 Å². The largest absolute Gasteiger partial charge is 0.468 e. The van der Waals surface area contributed by atoms with Gasteiger partial charge in [-0.05, 0) is 52.4 Å². The van der Waals surface area contributed by atoms with Gasteiger partial charge in [-0.25, -0.2) is 0 Å². The van der Waals surface area contributed by atoms with E-state index in [-0.39, 0.29) is 30.7 Å². The van der Waals surface area contributed by atoms with E-state index in [4.69, 9.17) is 4.74 Å². The highest BCUT2D eigenvalue weighted by molar-refractivity contribution is 5.91. The second-order valence-electron chi connectivity index (χ2n) is 9.01. The first kappa shape index (κ1) is 24.9. The zero-order chi connectivity index (χ0) is 22.2. The fraction of sp³-hybridized carbons (Fsp3) is 0.810. The number of hydrogen-bond donors (Lipinski definition) is 1. The van der Waals surface area contributed by atoms with Crippen LogP contribution in [0.1, 0.15) is 66.7 Å². The zero-order valence-electron chi connectivity index (χ0n) is 18.6. The smallest absolute Gasteiger partial charge is 0.325 e. The minimum Gasteiger partial charge on any atom is -0.468 e.